The lowest BCUT2D eigenvalue weighted by Crippen LogP contribution is -2.33. The van der Waals surface area contributed by atoms with E-state index in [4.69, 9.17) is 9.47 Å². The average Bonchev–Trinajstić information content (AvgIpc) is 2.33. The number of carbonyl (C=O) groups is 3. The monoisotopic (exact) mass is 287 g/mol. The molecule has 0 radical (unpaired) electrons. The lowest BCUT2D eigenvalue weighted by Gasteiger charge is -2.19. The third-order valence-corrected chi connectivity index (χ3v) is 1.79. The van der Waals surface area contributed by atoms with E-state index in [1.54, 1.807) is 20.8 Å². The maximum Gasteiger partial charge on any atom is 0.407 e. The molecule has 0 fully saturated rings. The zero-order valence-corrected chi connectivity index (χ0v) is 12.2. The Hall–Kier alpha value is -2.05. The van der Waals surface area contributed by atoms with Gasteiger partial charge in [0.05, 0.1) is 13.7 Å². The van der Waals surface area contributed by atoms with Crippen molar-refractivity contribution in [1.82, 2.24) is 5.32 Å². The Bertz CT molecular complexity index is 370. The molecule has 7 nitrogen and oxygen atoms in total. The number of nitrogens with one attached hydrogen (secondary N) is 1. The van der Waals surface area contributed by atoms with E-state index < -0.39 is 23.6 Å². The van der Waals surface area contributed by atoms with Crippen LogP contribution in [0.25, 0.3) is 0 Å². The quantitative estimate of drug-likeness (QED) is 0.341. The van der Waals surface area contributed by atoms with E-state index in [0.29, 0.717) is 13.0 Å². The number of hydrogen-bond donors (Lipinski definition) is 1. The number of methoxy groups -OCH3 is 1. The summed E-state index contributed by atoms with van der Waals surface area (Å²) in [5.74, 6) is -1.28. The normalized spacial score (nSPS) is 11.0. The van der Waals surface area contributed by atoms with Gasteiger partial charge in [0.25, 0.3) is 0 Å². The number of hydrogen-bond acceptors (Lipinski definition) is 6. The van der Waals surface area contributed by atoms with Crippen LogP contribution in [0.15, 0.2) is 12.2 Å². The fourth-order valence-electron chi connectivity index (χ4n) is 1.00. The van der Waals surface area contributed by atoms with E-state index in [0.717, 1.165) is 12.2 Å². The first-order valence-electron chi connectivity index (χ1n) is 6.14. The Balaban J connectivity index is 3.67. The highest BCUT2D eigenvalue weighted by molar-refractivity contribution is 5.91. The van der Waals surface area contributed by atoms with Crippen LogP contribution in [-0.4, -0.2) is 43.9 Å². The maximum atomic E-state index is 11.3. The molecule has 0 aromatic heterocycles. The molecule has 0 unspecified atom stereocenters. The zero-order valence-electron chi connectivity index (χ0n) is 12.2. The van der Waals surface area contributed by atoms with Crippen LogP contribution in [0.2, 0.25) is 0 Å². The van der Waals surface area contributed by atoms with E-state index in [1.165, 1.54) is 7.11 Å². The van der Waals surface area contributed by atoms with Crippen LogP contribution in [0.1, 0.15) is 27.2 Å². The second kappa shape index (κ2) is 8.95. The minimum absolute atomic E-state index is 0.125. The first kappa shape index (κ1) is 17.9. The number of ether oxygens (including phenoxy) is 3. The van der Waals surface area contributed by atoms with Crippen LogP contribution < -0.4 is 5.32 Å². The van der Waals surface area contributed by atoms with Crippen molar-refractivity contribution < 1.29 is 28.6 Å². The molecule has 0 aliphatic carbocycles. The summed E-state index contributed by atoms with van der Waals surface area (Å²) in [6.45, 7) is 5.75. The topological polar surface area (TPSA) is 90.9 Å². The highest BCUT2D eigenvalue weighted by Crippen LogP contribution is 2.06. The van der Waals surface area contributed by atoms with Crippen molar-refractivity contribution in [3.05, 3.63) is 12.2 Å². The summed E-state index contributed by atoms with van der Waals surface area (Å²) in [5.41, 5.74) is -0.546. The number of amides is 1. The maximum absolute atomic E-state index is 11.3. The van der Waals surface area contributed by atoms with Crippen molar-refractivity contribution in [2.75, 3.05) is 20.3 Å². The first-order chi connectivity index (χ1) is 9.24. The summed E-state index contributed by atoms with van der Waals surface area (Å²) < 4.78 is 14.1. The molecule has 0 aromatic rings. The highest BCUT2D eigenvalue weighted by Gasteiger charge is 2.15. The Morgan fingerprint density at radius 1 is 1.10 bits per heavy atom. The molecular formula is C13H21NO6. The van der Waals surface area contributed by atoms with Crippen LogP contribution in [0, 0.1) is 0 Å². The van der Waals surface area contributed by atoms with Crippen molar-refractivity contribution in [2.45, 2.75) is 32.8 Å². The van der Waals surface area contributed by atoms with E-state index in [-0.39, 0.29) is 6.61 Å². The molecule has 0 spiro atoms. The van der Waals surface area contributed by atoms with Gasteiger partial charge in [-0.1, -0.05) is 0 Å². The Labute approximate surface area is 118 Å². The van der Waals surface area contributed by atoms with Gasteiger partial charge in [-0.3, -0.25) is 0 Å². The smallest absolute Gasteiger partial charge is 0.407 e. The molecule has 1 amide bonds. The number of rotatable bonds is 6. The van der Waals surface area contributed by atoms with Gasteiger partial charge in [-0.05, 0) is 27.2 Å². The predicted octanol–water partition coefficient (Wildman–Crippen LogP) is 1.17. The van der Waals surface area contributed by atoms with Crippen molar-refractivity contribution in [1.29, 1.82) is 0 Å². The van der Waals surface area contributed by atoms with Gasteiger partial charge < -0.3 is 19.5 Å². The molecule has 0 saturated carbocycles. The third-order valence-electron chi connectivity index (χ3n) is 1.79. The summed E-state index contributed by atoms with van der Waals surface area (Å²) in [4.78, 5) is 33.1. The second-order valence-corrected chi connectivity index (χ2v) is 4.81. The van der Waals surface area contributed by atoms with E-state index >= 15 is 0 Å². The van der Waals surface area contributed by atoms with E-state index in [2.05, 4.69) is 10.1 Å². The van der Waals surface area contributed by atoms with Gasteiger partial charge in [-0.15, -0.1) is 0 Å². The minimum Gasteiger partial charge on any atom is -0.466 e. The molecule has 1 N–H and O–H groups in total. The lowest BCUT2D eigenvalue weighted by molar-refractivity contribution is -0.139. The number of alkyl carbamates (subject to hydrolysis) is 1. The van der Waals surface area contributed by atoms with Gasteiger partial charge in [-0.2, -0.15) is 0 Å². The van der Waals surface area contributed by atoms with Gasteiger partial charge in [0, 0.05) is 18.7 Å². The summed E-state index contributed by atoms with van der Waals surface area (Å²) in [6, 6.07) is 0. The molecular weight excluding hydrogens is 266 g/mol. The summed E-state index contributed by atoms with van der Waals surface area (Å²) in [7, 11) is 1.21. The van der Waals surface area contributed by atoms with Crippen LogP contribution in [0.3, 0.4) is 0 Å². The first-order valence-corrected chi connectivity index (χ1v) is 6.14. The van der Waals surface area contributed by atoms with Gasteiger partial charge in [-0.25, -0.2) is 14.4 Å². The van der Waals surface area contributed by atoms with Crippen molar-refractivity contribution in [2.24, 2.45) is 0 Å². The molecule has 0 bridgehead atoms. The third kappa shape index (κ3) is 11.1. The molecule has 0 aromatic carbocycles. The van der Waals surface area contributed by atoms with Crippen molar-refractivity contribution in [3.8, 4) is 0 Å². The Morgan fingerprint density at radius 2 is 1.70 bits per heavy atom. The molecule has 114 valence electrons. The van der Waals surface area contributed by atoms with Crippen molar-refractivity contribution in [3.63, 3.8) is 0 Å². The van der Waals surface area contributed by atoms with Crippen LogP contribution in [-0.2, 0) is 23.8 Å². The predicted molar refractivity (Wildman–Crippen MR) is 71.0 cm³/mol. The van der Waals surface area contributed by atoms with Gasteiger partial charge >= 0.3 is 18.0 Å². The van der Waals surface area contributed by atoms with E-state index in [1.807, 2.05) is 0 Å². The molecule has 0 heterocycles. The minimum atomic E-state index is -0.646. The Kier molecular flexibility index (Phi) is 8.03. The molecule has 0 rings (SSSR count). The molecule has 0 atom stereocenters. The number of carbonyl (C=O) groups excluding carboxylic acids is 3. The fourth-order valence-corrected chi connectivity index (χ4v) is 1.00. The van der Waals surface area contributed by atoms with Crippen molar-refractivity contribution >= 4 is 18.0 Å². The molecule has 0 aliphatic rings. The summed E-state index contributed by atoms with van der Waals surface area (Å²) in [5, 5.41) is 2.53. The molecule has 20 heavy (non-hydrogen) atoms. The van der Waals surface area contributed by atoms with Crippen LogP contribution in [0.4, 0.5) is 4.79 Å². The second-order valence-electron chi connectivity index (χ2n) is 4.81. The molecule has 7 heteroatoms. The molecule has 0 saturated heterocycles. The summed E-state index contributed by atoms with van der Waals surface area (Å²) >= 11 is 0. The number of esters is 2. The lowest BCUT2D eigenvalue weighted by atomic mass is 10.2. The molecule has 0 aliphatic heterocycles. The highest BCUT2D eigenvalue weighted by atomic mass is 16.6. The fraction of sp³-hybridized carbons (Fsp3) is 0.615. The Morgan fingerprint density at radius 3 is 2.25 bits per heavy atom. The summed E-state index contributed by atoms with van der Waals surface area (Å²) in [6.07, 6.45) is 1.88. The van der Waals surface area contributed by atoms with E-state index in [9.17, 15) is 14.4 Å². The average molecular weight is 287 g/mol. The van der Waals surface area contributed by atoms with Gasteiger partial charge in [0.2, 0.25) is 0 Å². The largest absolute Gasteiger partial charge is 0.466 e. The van der Waals surface area contributed by atoms with Crippen LogP contribution >= 0.6 is 0 Å². The van der Waals surface area contributed by atoms with Gasteiger partial charge in [0.15, 0.2) is 0 Å². The van der Waals surface area contributed by atoms with Crippen LogP contribution in [0.5, 0.6) is 0 Å². The SMILES string of the molecule is COC(=O)/C=C/C(=O)OCCCNC(=O)OC(C)(C)C. The van der Waals surface area contributed by atoms with Gasteiger partial charge in [0.1, 0.15) is 5.60 Å². The standard InChI is InChI=1S/C13H21NO6/c1-13(2,3)20-12(17)14-8-5-9-19-11(16)7-6-10(15)18-4/h6-7H,5,8-9H2,1-4H3,(H,14,17)/b7-6+. The zero-order chi connectivity index (χ0) is 15.6.